The van der Waals surface area contributed by atoms with Crippen molar-refractivity contribution in [3.8, 4) is 11.4 Å². The molecule has 1 aliphatic heterocycles. The maximum absolute atomic E-state index is 13.6. The SMILES string of the molecule is CCCn1c(=O)c2c(n(CC)c1=O)N=C(c1cnn(Cc3cccc(C(F)(F)F)c3)c1)C2.CCCn1c(=O)c2c(nc(-c3cnn(Cc4cccc(C(F)(F)F)c4)c3)n2COC(=O)C23CC(C2)C3)n(CC)c1=O.O=C(O)C12CC(C1)C2.O=C(OCCl)C12CC(C1)C2.O=C(OCCl)C12CC(C1)C2.O=S(=O)(Cl)OCCl. The number of aromatic nitrogens is 10. The summed E-state index contributed by atoms with van der Waals surface area (Å²) in [7, 11) is 0.665. The number of carboxylic acid groups (broad SMARTS) is 1. The lowest BCUT2D eigenvalue weighted by Crippen LogP contribution is -2.57. The van der Waals surface area contributed by atoms with Crippen molar-refractivity contribution in [3.05, 3.63) is 148 Å². The molecule has 0 amide bonds. The molecule has 0 atom stereocenters. The molecule has 37 heteroatoms. The third kappa shape index (κ3) is 16.7. The minimum atomic E-state index is -4.47. The van der Waals surface area contributed by atoms with E-state index in [4.69, 9.17) is 54.1 Å². The van der Waals surface area contributed by atoms with Gasteiger partial charge in [-0.1, -0.05) is 72.9 Å². The van der Waals surface area contributed by atoms with E-state index < -0.39 is 61.5 Å². The number of rotatable bonds is 22. The molecule has 12 aliphatic carbocycles. The zero-order valence-corrected chi connectivity index (χ0v) is 63.0. The standard InChI is InChI=1S/C28H29F3N6O4.C22H22F3N5O2.2C7H9ClO2.C6H8O2.CH2Cl2O3S/c1-3-8-36-24(38)21-23(35(4-2)26(36)40)33-22(37(21)16-41-25(39)27-10-18(11-27)12-27)19-13-32-34(15-19)14-17-6-5-7-20(9-17)28(29,30)31;1-3-8-30-20(31)17-10-18(27-19(17)29(4-2)21(30)32)15-11-26-28(13-15)12-14-6-5-7-16(9-14)22(23,24)25;2*8-4-10-6(9)7-1-5(2-7)3-7;7-5(8)6-1-4(2-6)3-6;2-1-6-7(3,4)5/h5-7,9,13,15,18H,3-4,8,10-12,14,16H2,1-2H3;5-7,9,11,13H,3-4,8,10,12H2,1-2H3;2*5H,1-4H2;4H,1-3H2,(H,7,8);1H2. The van der Waals surface area contributed by atoms with Gasteiger partial charge in [0.05, 0.1) is 75.1 Å². The number of aliphatic carboxylic acids is 1. The Balaban J connectivity index is 0.000000150. The number of esters is 3. The fraction of sp³-hybridized carbons (Fsp3) is 0.549. The maximum atomic E-state index is 13.6. The quantitative estimate of drug-likeness (QED) is 0.0217. The van der Waals surface area contributed by atoms with Crippen LogP contribution in [0, 0.1) is 45.3 Å². The first kappa shape index (κ1) is 80.9. The fourth-order valence-corrected chi connectivity index (χ4v) is 16.4. The molecule has 2 aromatic carbocycles. The molecule has 7 aromatic rings. The van der Waals surface area contributed by atoms with Crippen molar-refractivity contribution in [2.75, 3.05) is 18.2 Å². The van der Waals surface area contributed by atoms with Crippen LogP contribution in [0.5, 0.6) is 0 Å². The Labute approximate surface area is 633 Å². The molecule has 8 bridgehead atoms. The smallest absolute Gasteiger partial charge is 0.416 e. The summed E-state index contributed by atoms with van der Waals surface area (Å²) in [4.78, 5) is 107. The predicted molar refractivity (Wildman–Crippen MR) is 383 cm³/mol. The van der Waals surface area contributed by atoms with Crippen LogP contribution in [0.25, 0.3) is 22.6 Å². The number of hydrogen-bond donors (Lipinski definition) is 1. The molecule has 12 saturated carbocycles. The van der Waals surface area contributed by atoms with E-state index in [0.29, 0.717) is 71.2 Å². The largest absolute Gasteiger partial charge is 0.481 e. The van der Waals surface area contributed by atoms with Crippen molar-refractivity contribution < 1.29 is 77.4 Å². The predicted octanol–water partition coefficient (Wildman–Crippen LogP) is 12.0. The summed E-state index contributed by atoms with van der Waals surface area (Å²) >= 11 is 15.3. The molecule has 0 radical (unpaired) electrons. The molecule has 108 heavy (non-hydrogen) atoms. The van der Waals surface area contributed by atoms with Crippen molar-refractivity contribution in [1.82, 2.24) is 47.4 Å². The Morgan fingerprint density at radius 2 is 1.00 bits per heavy atom. The number of alkyl halides is 9. The van der Waals surface area contributed by atoms with E-state index >= 15 is 0 Å². The minimum Gasteiger partial charge on any atom is -0.481 e. The normalized spacial score (nSPS) is 23.5. The van der Waals surface area contributed by atoms with Gasteiger partial charge >= 0.3 is 56.9 Å². The molecule has 12 fully saturated rings. The molecule has 0 saturated heterocycles. The number of benzene rings is 2. The number of carbonyl (C=O) groups excluding carboxylic acids is 3. The van der Waals surface area contributed by atoms with Gasteiger partial charge in [-0.15, -0.1) is 0 Å². The van der Waals surface area contributed by atoms with Gasteiger partial charge in [-0.2, -0.15) is 45.0 Å². The van der Waals surface area contributed by atoms with E-state index in [1.807, 2.05) is 20.8 Å². The first-order valence-electron chi connectivity index (χ1n) is 35.2. The number of fused-ring (bicyclic) bond motifs is 2. The second kappa shape index (κ2) is 32.1. The van der Waals surface area contributed by atoms with E-state index in [1.165, 1.54) is 46.0 Å². The van der Waals surface area contributed by atoms with Crippen molar-refractivity contribution in [3.63, 3.8) is 0 Å². The third-order valence-corrected chi connectivity index (χ3v) is 22.7. The number of halogens is 10. The number of hydrogen-bond acceptors (Lipinski definition) is 18. The van der Waals surface area contributed by atoms with Crippen LogP contribution in [-0.2, 0) is 112 Å². The summed E-state index contributed by atoms with van der Waals surface area (Å²) in [6.45, 7) is 8.50. The first-order chi connectivity index (χ1) is 51.1. The lowest BCUT2D eigenvalue weighted by atomic mass is 9.44. The summed E-state index contributed by atoms with van der Waals surface area (Å²) in [5.41, 5.74) is -0.630. The van der Waals surface area contributed by atoms with Gasteiger partial charge in [-0.25, -0.2) is 23.7 Å². The molecule has 1 N–H and O–H groups in total. The highest BCUT2D eigenvalue weighted by Gasteiger charge is 2.64. The van der Waals surface area contributed by atoms with Crippen LogP contribution < -0.4 is 22.5 Å². The zero-order chi connectivity index (χ0) is 78.2. The second-order valence-corrected chi connectivity index (χ2v) is 31.7. The fourth-order valence-electron chi connectivity index (χ4n) is 15.5. The lowest BCUT2D eigenvalue weighted by Gasteiger charge is -2.59. The number of aryl methyl sites for hydroxylation is 1. The van der Waals surface area contributed by atoms with E-state index in [-0.39, 0.29) is 114 Å². The Morgan fingerprint density at radius 1 is 0.574 bits per heavy atom. The molecule has 0 spiro atoms. The molecule has 0 unspecified atom stereocenters. The van der Waals surface area contributed by atoms with Crippen molar-refractivity contribution >= 4 is 101 Å². The molecule has 6 heterocycles. The molecular formula is C71H79Cl4F6N11O15S. The van der Waals surface area contributed by atoms with Crippen LogP contribution >= 0.6 is 45.5 Å². The minimum absolute atomic E-state index is 0.00521. The Hall–Kier alpha value is -8.11. The van der Waals surface area contributed by atoms with Gasteiger partial charge in [0, 0.05) is 61.2 Å². The zero-order valence-electron chi connectivity index (χ0n) is 59.2. The van der Waals surface area contributed by atoms with Crippen LogP contribution in [0.15, 0.2) is 97.5 Å². The van der Waals surface area contributed by atoms with Crippen molar-refractivity contribution in [2.45, 2.75) is 182 Å². The second-order valence-electron chi connectivity index (χ2n) is 28.9. The van der Waals surface area contributed by atoms with Gasteiger partial charge in [-0.05, 0) is 163 Å². The molecule has 584 valence electrons. The van der Waals surface area contributed by atoms with Crippen LogP contribution in [0.1, 0.15) is 151 Å². The number of aliphatic imine (C=N–C) groups is 1. The molecule has 20 rings (SSSR count). The average Bonchev–Trinajstić information content (AvgIpc) is 1.07. The number of carboxylic acids is 1. The van der Waals surface area contributed by atoms with Crippen LogP contribution in [-0.4, -0.2) is 109 Å². The van der Waals surface area contributed by atoms with Crippen molar-refractivity contribution in [1.29, 1.82) is 0 Å². The summed E-state index contributed by atoms with van der Waals surface area (Å²) in [5.74, 6) is 2.59. The van der Waals surface area contributed by atoms with E-state index in [2.05, 4.69) is 35.0 Å². The summed E-state index contributed by atoms with van der Waals surface area (Å²) < 4.78 is 126. The van der Waals surface area contributed by atoms with Crippen LogP contribution in [0.2, 0.25) is 0 Å². The molecule has 5 aromatic heterocycles. The summed E-state index contributed by atoms with van der Waals surface area (Å²) in [5, 5.41) is 17.1. The van der Waals surface area contributed by atoms with Crippen LogP contribution in [0.3, 0.4) is 0 Å². The number of nitrogens with zero attached hydrogens (tertiary/aromatic N) is 11. The molecule has 26 nitrogen and oxygen atoms in total. The van der Waals surface area contributed by atoms with Gasteiger partial charge in [0.2, 0.25) is 0 Å². The number of ether oxygens (including phenoxy) is 3. The highest BCUT2D eigenvalue weighted by atomic mass is 35.7. The first-order valence-corrected chi connectivity index (χ1v) is 39.0. The highest BCUT2D eigenvalue weighted by molar-refractivity contribution is 8.10. The lowest BCUT2D eigenvalue weighted by molar-refractivity contribution is -0.194. The number of carbonyl (C=O) groups is 4. The van der Waals surface area contributed by atoms with E-state index in [0.717, 1.165) is 124 Å². The monoisotopic (exact) mass is 1610 g/mol. The van der Waals surface area contributed by atoms with E-state index in [9.17, 15) is 73.1 Å². The highest BCUT2D eigenvalue weighted by Crippen LogP contribution is 2.67. The average molecular weight is 1610 g/mol. The number of imidazole rings is 1. The van der Waals surface area contributed by atoms with Gasteiger partial charge in [0.25, 0.3) is 11.1 Å². The summed E-state index contributed by atoms with van der Waals surface area (Å²) in [6, 6.07) is 9.66. The van der Waals surface area contributed by atoms with Gasteiger partial charge in [0.15, 0.2) is 30.0 Å². The summed E-state index contributed by atoms with van der Waals surface area (Å²) in [6.07, 6.45) is 10.5. The Kier molecular flexibility index (Phi) is 24.0. The molecular weight excluding hydrogens is 1530 g/mol. The van der Waals surface area contributed by atoms with E-state index in [1.54, 1.807) is 37.6 Å². The van der Waals surface area contributed by atoms with Crippen molar-refractivity contribution in [2.24, 2.45) is 50.3 Å². The Bertz CT molecular complexity index is 4900. The molecule has 13 aliphatic rings. The van der Waals surface area contributed by atoms with Crippen LogP contribution in [0.4, 0.5) is 32.2 Å². The topological polar surface area (TPSA) is 313 Å². The Morgan fingerprint density at radius 3 is 1.37 bits per heavy atom. The third-order valence-electron chi connectivity index (χ3n) is 21.6. The maximum Gasteiger partial charge on any atom is 0.416 e. The van der Waals surface area contributed by atoms with Gasteiger partial charge < -0.3 is 19.3 Å². The van der Waals surface area contributed by atoms with Gasteiger partial charge in [-0.3, -0.25) is 61.0 Å². The van der Waals surface area contributed by atoms with Gasteiger partial charge in [0.1, 0.15) is 17.7 Å².